The number of ether oxygens (including phenoxy) is 2. The number of carbonyl (C=O) groups is 1. The Labute approximate surface area is 174 Å². The van der Waals surface area contributed by atoms with Crippen LogP contribution in [0.4, 0.5) is 5.13 Å². The van der Waals surface area contributed by atoms with Gasteiger partial charge in [-0.1, -0.05) is 11.2 Å². The van der Waals surface area contributed by atoms with Crippen LogP contribution in [-0.2, 0) is 24.1 Å². The van der Waals surface area contributed by atoms with E-state index in [9.17, 15) is 18.4 Å². The highest BCUT2D eigenvalue weighted by atomic mass is 32.2. The monoisotopic (exact) mass is 446 g/mol. The van der Waals surface area contributed by atoms with Crippen LogP contribution in [0.25, 0.3) is 0 Å². The van der Waals surface area contributed by atoms with E-state index < -0.39 is 26.7 Å². The van der Waals surface area contributed by atoms with E-state index in [1.165, 1.54) is 0 Å². The molecular formula is C17H26N4O6S2. The smallest absolute Gasteiger partial charge is 0.311 e. The quantitative estimate of drug-likeness (QED) is 0.240. The van der Waals surface area contributed by atoms with Crippen molar-refractivity contribution in [3.8, 4) is 0 Å². The second-order valence-electron chi connectivity index (χ2n) is 7.36. The molecule has 3 rings (SSSR count). The van der Waals surface area contributed by atoms with Gasteiger partial charge in [0.1, 0.15) is 6.67 Å². The Morgan fingerprint density at radius 1 is 1.52 bits per heavy atom. The molecule has 0 N–H and O–H groups in total. The van der Waals surface area contributed by atoms with Crippen molar-refractivity contribution in [3.63, 3.8) is 0 Å². The summed E-state index contributed by atoms with van der Waals surface area (Å²) < 4.78 is 33.2. The molecule has 2 aliphatic heterocycles. The molecule has 10 nitrogen and oxygen atoms in total. The van der Waals surface area contributed by atoms with Crippen LogP contribution < -0.4 is 4.65 Å². The maximum Gasteiger partial charge on any atom is 0.311 e. The minimum atomic E-state index is -3.58. The first-order chi connectivity index (χ1) is 13.7. The Morgan fingerprint density at radius 3 is 2.93 bits per heavy atom. The topological polar surface area (TPSA) is 122 Å². The van der Waals surface area contributed by atoms with Crippen LogP contribution in [0.15, 0.2) is 17.0 Å². The first-order valence-corrected chi connectivity index (χ1v) is 12.2. The molecule has 0 radical (unpaired) electrons. The fourth-order valence-electron chi connectivity index (χ4n) is 3.48. The summed E-state index contributed by atoms with van der Waals surface area (Å²) in [4.78, 5) is 14.1. The molecule has 2 aliphatic rings. The van der Waals surface area contributed by atoms with E-state index in [1.807, 2.05) is 0 Å². The van der Waals surface area contributed by atoms with Crippen molar-refractivity contribution in [2.45, 2.75) is 48.8 Å². The lowest BCUT2D eigenvalue weighted by Crippen LogP contribution is -2.50. The van der Waals surface area contributed by atoms with Gasteiger partial charge in [0, 0.05) is 25.8 Å². The zero-order chi connectivity index (χ0) is 21.1. The number of carbonyl (C=O) groups excluding carboxylic acids is 1. The number of esters is 1. The molecule has 2 saturated heterocycles. The molecule has 0 aliphatic carbocycles. The highest BCUT2D eigenvalue weighted by molar-refractivity contribution is 7.92. The van der Waals surface area contributed by atoms with Crippen molar-refractivity contribution in [3.05, 3.63) is 17.9 Å². The number of sulfone groups is 1. The molecule has 1 aromatic heterocycles. The van der Waals surface area contributed by atoms with Gasteiger partial charge in [0.15, 0.2) is 0 Å². The SMILES string of the molecule is C=CCN1CC(OC(=O)CCCC2CCCO2)[N+]([O-])(c2nnc(S(C)(=O)=O)s2)C1. The minimum Gasteiger partial charge on any atom is -0.622 e. The molecule has 0 spiro atoms. The number of hydroxylamine groups is 2. The maximum atomic E-state index is 13.6. The average molecular weight is 447 g/mol. The zero-order valence-corrected chi connectivity index (χ0v) is 18.0. The zero-order valence-electron chi connectivity index (χ0n) is 16.4. The van der Waals surface area contributed by atoms with E-state index in [-0.39, 0.29) is 35.2 Å². The van der Waals surface area contributed by atoms with Gasteiger partial charge in [-0.05, 0) is 37.0 Å². The lowest BCUT2D eigenvalue weighted by Gasteiger charge is -2.38. The van der Waals surface area contributed by atoms with E-state index >= 15 is 0 Å². The van der Waals surface area contributed by atoms with Gasteiger partial charge >= 0.3 is 11.1 Å². The fourth-order valence-corrected chi connectivity index (χ4v) is 5.15. The molecule has 0 saturated carbocycles. The van der Waals surface area contributed by atoms with E-state index in [1.54, 1.807) is 11.0 Å². The third-order valence-electron chi connectivity index (χ3n) is 4.91. The molecule has 0 amide bonds. The van der Waals surface area contributed by atoms with Gasteiger partial charge in [0.25, 0.3) is 6.23 Å². The van der Waals surface area contributed by atoms with E-state index in [0.717, 1.165) is 32.1 Å². The molecule has 0 bridgehead atoms. The van der Waals surface area contributed by atoms with Crippen LogP contribution in [0.3, 0.4) is 0 Å². The summed E-state index contributed by atoms with van der Waals surface area (Å²) in [6.45, 7) is 5.06. The van der Waals surface area contributed by atoms with Crippen molar-refractivity contribution >= 4 is 32.3 Å². The maximum absolute atomic E-state index is 13.6. The summed E-state index contributed by atoms with van der Waals surface area (Å²) >= 11 is 0.711. The first-order valence-electron chi connectivity index (χ1n) is 9.49. The lowest BCUT2D eigenvalue weighted by molar-refractivity contribution is -0.153. The highest BCUT2D eigenvalue weighted by Crippen LogP contribution is 2.35. The lowest BCUT2D eigenvalue weighted by atomic mass is 10.1. The van der Waals surface area contributed by atoms with Crippen molar-refractivity contribution in [1.82, 2.24) is 19.7 Å². The van der Waals surface area contributed by atoms with Crippen molar-refractivity contribution in [1.29, 1.82) is 0 Å². The summed E-state index contributed by atoms with van der Waals surface area (Å²) in [6, 6.07) is 0. The van der Waals surface area contributed by atoms with Gasteiger partial charge in [0.2, 0.25) is 14.2 Å². The third-order valence-corrected chi connectivity index (χ3v) is 7.62. The molecule has 3 atom stereocenters. The molecule has 2 fully saturated rings. The molecular weight excluding hydrogens is 420 g/mol. The Bertz CT molecular complexity index is 839. The summed E-state index contributed by atoms with van der Waals surface area (Å²) in [5, 5.41) is 20.9. The van der Waals surface area contributed by atoms with Gasteiger partial charge in [-0.3, -0.25) is 9.44 Å². The van der Waals surface area contributed by atoms with Crippen LogP contribution in [0.1, 0.15) is 32.1 Å². The summed E-state index contributed by atoms with van der Waals surface area (Å²) in [7, 11) is -3.58. The summed E-state index contributed by atoms with van der Waals surface area (Å²) in [6.07, 6.45) is 5.48. The van der Waals surface area contributed by atoms with Crippen molar-refractivity contribution in [2.75, 3.05) is 32.6 Å². The Morgan fingerprint density at radius 2 is 2.31 bits per heavy atom. The van der Waals surface area contributed by atoms with Gasteiger partial charge < -0.3 is 14.7 Å². The Kier molecular flexibility index (Phi) is 7.02. The molecule has 0 aromatic carbocycles. The standard InChI is InChI=1S/C17H26N4O6S2/c1-3-9-20-11-14(27-15(22)8-4-6-13-7-5-10-26-13)21(23,12-20)16-18-19-17(28-16)29(2,24)25/h3,13-14H,1,4-12H2,2H3. The van der Waals surface area contributed by atoms with Gasteiger partial charge in [0.05, 0.1) is 12.6 Å². The predicted octanol–water partition coefficient (Wildman–Crippen LogP) is 1.42. The molecule has 162 valence electrons. The predicted molar refractivity (Wildman–Crippen MR) is 108 cm³/mol. The highest BCUT2D eigenvalue weighted by Gasteiger charge is 2.46. The van der Waals surface area contributed by atoms with Crippen molar-refractivity contribution in [2.24, 2.45) is 0 Å². The minimum absolute atomic E-state index is 0.0295. The average Bonchev–Trinajstić information content (AvgIpc) is 3.36. The Balaban J connectivity index is 1.67. The van der Waals surface area contributed by atoms with Crippen LogP contribution >= 0.6 is 11.3 Å². The molecule has 3 unspecified atom stereocenters. The van der Waals surface area contributed by atoms with Crippen molar-refractivity contribution < 1.29 is 22.7 Å². The normalized spacial score (nSPS) is 27.9. The molecule has 1 aromatic rings. The van der Waals surface area contributed by atoms with E-state index in [4.69, 9.17) is 9.47 Å². The van der Waals surface area contributed by atoms with Gasteiger partial charge in [-0.15, -0.1) is 11.7 Å². The number of rotatable bonds is 9. The van der Waals surface area contributed by atoms with E-state index in [2.05, 4.69) is 16.8 Å². The summed E-state index contributed by atoms with van der Waals surface area (Å²) in [5.74, 6) is -0.459. The molecule has 3 heterocycles. The number of quaternary nitrogens is 1. The van der Waals surface area contributed by atoms with Crippen LogP contribution in [0.2, 0.25) is 0 Å². The van der Waals surface area contributed by atoms with Gasteiger partial charge in [-0.25, -0.2) is 13.3 Å². The van der Waals surface area contributed by atoms with E-state index in [0.29, 0.717) is 24.3 Å². The fraction of sp³-hybridized carbons (Fsp3) is 0.706. The van der Waals surface area contributed by atoms with Crippen LogP contribution in [0.5, 0.6) is 0 Å². The number of hydrogen-bond acceptors (Lipinski definition) is 10. The first kappa shape index (κ1) is 22.2. The van der Waals surface area contributed by atoms with Gasteiger partial charge in [-0.2, -0.15) is 0 Å². The number of nitrogens with zero attached hydrogens (tertiary/aromatic N) is 4. The second-order valence-corrected chi connectivity index (χ2v) is 10.5. The third kappa shape index (κ3) is 5.38. The largest absolute Gasteiger partial charge is 0.622 e. The number of hydrogen-bond donors (Lipinski definition) is 0. The molecule has 29 heavy (non-hydrogen) atoms. The Hall–Kier alpha value is -1.44. The summed E-state index contributed by atoms with van der Waals surface area (Å²) in [5.41, 5.74) is 0. The second kappa shape index (κ2) is 9.14. The van der Waals surface area contributed by atoms with Crippen LogP contribution in [0, 0.1) is 5.21 Å². The molecule has 12 heteroatoms. The number of aromatic nitrogens is 2. The van der Waals surface area contributed by atoms with Crippen LogP contribution in [-0.4, -0.2) is 74.4 Å².